The third-order valence-electron chi connectivity index (χ3n) is 4.03. The average Bonchev–Trinajstić information content (AvgIpc) is 2.43. The van der Waals surface area contributed by atoms with Crippen molar-refractivity contribution < 1.29 is 9.53 Å². The van der Waals surface area contributed by atoms with Crippen LogP contribution in [0.25, 0.3) is 0 Å². The lowest BCUT2D eigenvalue weighted by Crippen LogP contribution is -2.37. The third kappa shape index (κ3) is 6.62. The molecule has 0 aromatic rings. The van der Waals surface area contributed by atoms with Crippen molar-refractivity contribution in [2.45, 2.75) is 57.2 Å². The number of nitrogens with one attached hydrogen (secondary N) is 1. The Kier molecular flexibility index (Phi) is 8.47. The number of hydrogen-bond acceptors (Lipinski definition) is 2. The summed E-state index contributed by atoms with van der Waals surface area (Å²) in [5.41, 5.74) is 0. The van der Waals surface area contributed by atoms with Gasteiger partial charge in [-0.3, -0.25) is 4.79 Å². The van der Waals surface area contributed by atoms with Crippen LogP contribution in [0.5, 0.6) is 0 Å². The van der Waals surface area contributed by atoms with Gasteiger partial charge >= 0.3 is 0 Å². The summed E-state index contributed by atoms with van der Waals surface area (Å²) in [4.78, 5) is 12.0. The predicted octanol–water partition coefficient (Wildman–Crippen LogP) is 3.35. The van der Waals surface area contributed by atoms with Crippen molar-refractivity contribution in [3.8, 4) is 0 Å². The van der Waals surface area contributed by atoms with Crippen molar-refractivity contribution in [3.63, 3.8) is 0 Å². The summed E-state index contributed by atoms with van der Waals surface area (Å²) >= 11 is 6.00. The van der Waals surface area contributed by atoms with E-state index in [0.29, 0.717) is 13.2 Å². The third-order valence-corrected chi connectivity index (χ3v) is 4.31. The summed E-state index contributed by atoms with van der Waals surface area (Å²) in [5.74, 6) is 1.22. The number of hydrogen-bond donors (Lipinski definition) is 1. The second-order valence-electron chi connectivity index (χ2n) is 5.66. The van der Waals surface area contributed by atoms with Gasteiger partial charge in [-0.1, -0.05) is 26.2 Å². The summed E-state index contributed by atoms with van der Waals surface area (Å²) in [6.07, 6.45) is 8.43. The topological polar surface area (TPSA) is 38.3 Å². The van der Waals surface area contributed by atoms with E-state index in [2.05, 4.69) is 12.2 Å². The summed E-state index contributed by atoms with van der Waals surface area (Å²) < 4.78 is 4.95. The van der Waals surface area contributed by atoms with Crippen LogP contribution in [0.3, 0.4) is 0 Å². The Bertz CT molecular complexity index is 253. The largest absolute Gasteiger partial charge is 0.383 e. The highest BCUT2D eigenvalue weighted by atomic mass is 35.5. The van der Waals surface area contributed by atoms with Crippen molar-refractivity contribution in [2.24, 2.45) is 11.8 Å². The summed E-state index contributed by atoms with van der Waals surface area (Å²) in [6.45, 7) is 3.22. The van der Waals surface area contributed by atoms with Crippen LogP contribution < -0.4 is 5.32 Å². The Labute approximate surface area is 122 Å². The van der Waals surface area contributed by atoms with Crippen LogP contribution >= 0.6 is 11.6 Å². The molecule has 3 nitrogen and oxygen atoms in total. The minimum atomic E-state index is -0.130. The highest BCUT2D eigenvalue weighted by Gasteiger charge is 2.26. The highest BCUT2D eigenvalue weighted by molar-refractivity contribution is 6.21. The first kappa shape index (κ1) is 16.8. The number of amides is 1. The van der Waals surface area contributed by atoms with E-state index in [1.54, 1.807) is 7.11 Å². The fraction of sp³-hybridized carbons (Fsp3) is 0.933. The normalized spacial score (nSPS) is 25.0. The second-order valence-corrected chi connectivity index (χ2v) is 6.27. The van der Waals surface area contributed by atoms with Gasteiger partial charge in [0, 0.05) is 19.6 Å². The van der Waals surface area contributed by atoms with Gasteiger partial charge in [-0.05, 0) is 31.6 Å². The molecule has 1 atom stereocenters. The van der Waals surface area contributed by atoms with Crippen LogP contribution in [0, 0.1) is 11.8 Å². The van der Waals surface area contributed by atoms with Gasteiger partial charge in [-0.15, -0.1) is 11.6 Å². The van der Waals surface area contributed by atoms with Gasteiger partial charge in [-0.25, -0.2) is 0 Å². The maximum atomic E-state index is 12.0. The zero-order chi connectivity index (χ0) is 14.1. The van der Waals surface area contributed by atoms with E-state index in [0.717, 1.165) is 18.8 Å². The number of unbranched alkanes of at least 4 members (excludes halogenated alkanes) is 1. The molecule has 1 amide bonds. The fourth-order valence-electron chi connectivity index (χ4n) is 2.80. The maximum absolute atomic E-state index is 12.0. The molecule has 0 aromatic heterocycles. The Balaban J connectivity index is 2.17. The van der Waals surface area contributed by atoms with Gasteiger partial charge in [0.1, 0.15) is 0 Å². The number of halogens is 1. The van der Waals surface area contributed by atoms with Gasteiger partial charge in [-0.2, -0.15) is 0 Å². The average molecular weight is 290 g/mol. The molecule has 1 fully saturated rings. The predicted molar refractivity (Wildman–Crippen MR) is 79.5 cm³/mol. The SMILES string of the molecule is CCCCC1CCC(C(=O)NCC(Cl)COC)CC1. The molecule has 1 saturated carbocycles. The number of ether oxygens (including phenoxy) is 1. The second kappa shape index (κ2) is 9.60. The molecule has 0 aliphatic heterocycles. The quantitative estimate of drug-likeness (QED) is 0.696. The van der Waals surface area contributed by atoms with Gasteiger partial charge in [0.15, 0.2) is 0 Å². The van der Waals surface area contributed by atoms with Gasteiger partial charge in [0.25, 0.3) is 0 Å². The zero-order valence-electron chi connectivity index (χ0n) is 12.3. The summed E-state index contributed by atoms with van der Waals surface area (Å²) in [7, 11) is 1.62. The first-order valence-electron chi connectivity index (χ1n) is 7.58. The molecule has 1 aliphatic rings. The molecule has 0 heterocycles. The molecule has 0 spiro atoms. The van der Waals surface area contributed by atoms with Crippen molar-refractivity contribution in [1.29, 1.82) is 0 Å². The summed E-state index contributed by atoms with van der Waals surface area (Å²) in [6, 6.07) is 0. The minimum Gasteiger partial charge on any atom is -0.383 e. The van der Waals surface area contributed by atoms with Crippen LogP contribution in [0.2, 0.25) is 0 Å². The van der Waals surface area contributed by atoms with Crippen molar-refractivity contribution in [2.75, 3.05) is 20.3 Å². The molecule has 112 valence electrons. The van der Waals surface area contributed by atoms with Crippen molar-refractivity contribution in [3.05, 3.63) is 0 Å². The molecular formula is C15H28ClNO2. The lowest BCUT2D eigenvalue weighted by atomic mass is 9.79. The van der Waals surface area contributed by atoms with Crippen LogP contribution in [0.1, 0.15) is 51.9 Å². The number of carbonyl (C=O) groups excluding carboxylic acids is 1. The van der Waals surface area contributed by atoms with Crippen LogP contribution in [0.4, 0.5) is 0 Å². The van der Waals surface area contributed by atoms with Gasteiger partial charge in [0.2, 0.25) is 5.91 Å². The highest BCUT2D eigenvalue weighted by Crippen LogP contribution is 2.31. The zero-order valence-corrected chi connectivity index (χ0v) is 13.0. The molecule has 0 aromatic carbocycles. The molecule has 1 rings (SSSR count). The van der Waals surface area contributed by atoms with E-state index in [4.69, 9.17) is 16.3 Å². The first-order valence-corrected chi connectivity index (χ1v) is 8.01. The molecule has 19 heavy (non-hydrogen) atoms. The molecule has 0 saturated heterocycles. The minimum absolute atomic E-state index is 0.130. The van der Waals surface area contributed by atoms with E-state index in [9.17, 15) is 4.79 Å². The lowest BCUT2D eigenvalue weighted by Gasteiger charge is -2.28. The van der Waals surface area contributed by atoms with Crippen molar-refractivity contribution >= 4 is 17.5 Å². The number of alkyl halides is 1. The Hall–Kier alpha value is -0.280. The number of methoxy groups -OCH3 is 1. The van der Waals surface area contributed by atoms with Crippen LogP contribution in [0.15, 0.2) is 0 Å². The number of carbonyl (C=O) groups is 1. The van der Waals surface area contributed by atoms with E-state index in [1.807, 2.05) is 0 Å². The number of rotatable bonds is 8. The molecule has 0 radical (unpaired) electrons. The maximum Gasteiger partial charge on any atom is 0.223 e. The molecular weight excluding hydrogens is 262 g/mol. The van der Waals surface area contributed by atoms with Gasteiger partial charge < -0.3 is 10.1 Å². The van der Waals surface area contributed by atoms with E-state index in [-0.39, 0.29) is 17.2 Å². The first-order chi connectivity index (χ1) is 9.17. The molecule has 4 heteroatoms. The molecule has 1 N–H and O–H groups in total. The Morgan fingerprint density at radius 1 is 1.37 bits per heavy atom. The van der Waals surface area contributed by atoms with E-state index in [1.165, 1.54) is 32.1 Å². The smallest absolute Gasteiger partial charge is 0.223 e. The summed E-state index contributed by atoms with van der Waals surface area (Å²) in [5, 5.41) is 2.81. The standard InChI is InChI=1S/C15H28ClNO2/c1-3-4-5-12-6-8-13(9-7-12)15(18)17-10-14(16)11-19-2/h12-14H,3-11H2,1-2H3,(H,17,18). The lowest BCUT2D eigenvalue weighted by molar-refractivity contribution is -0.126. The molecule has 0 bridgehead atoms. The van der Waals surface area contributed by atoms with Gasteiger partial charge in [0.05, 0.1) is 12.0 Å². The van der Waals surface area contributed by atoms with E-state index >= 15 is 0 Å². The van der Waals surface area contributed by atoms with Crippen LogP contribution in [-0.2, 0) is 9.53 Å². The van der Waals surface area contributed by atoms with Crippen molar-refractivity contribution in [1.82, 2.24) is 5.32 Å². The Morgan fingerprint density at radius 3 is 2.63 bits per heavy atom. The van der Waals surface area contributed by atoms with E-state index < -0.39 is 0 Å². The molecule has 1 unspecified atom stereocenters. The van der Waals surface area contributed by atoms with Crippen LogP contribution in [-0.4, -0.2) is 31.5 Å². The molecule has 1 aliphatic carbocycles. The Morgan fingerprint density at radius 2 is 2.05 bits per heavy atom. The fourth-order valence-corrected chi connectivity index (χ4v) is 3.00. The monoisotopic (exact) mass is 289 g/mol.